The van der Waals surface area contributed by atoms with E-state index in [0.29, 0.717) is 11.5 Å². The summed E-state index contributed by atoms with van der Waals surface area (Å²) in [6, 6.07) is 7.38. The molecule has 3 nitrogen and oxygen atoms in total. The number of oxime groups is 1. The molecule has 2 fully saturated rings. The van der Waals surface area contributed by atoms with Crippen molar-refractivity contribution in [2.75, 3.05) is 0 Å². The standard InChI is InChI=1S/C18H23NO2/c1-12-5-7-13(8-6-12)15(20)21-19-16-17(2,3)14-9-10-18(16,4)11-14/h5-8,14H,9-11H2,1-4H3. The van der Waals surface area contributed by atoms with Crippen molar-refractivity contribution in [3.05, 3.63) is 35.4 Å². The molecule has 2 aliphatic carbocycles. The molecular formula is C18H23NO2. The first-order chi connectivity index (χ1) is 9.83. The van der Waals surface area contributed by atoms with Crippen molar-refractivity contribution in [1.82, 2.24) is 0 Å². The monoisotopic (exact) mass is 285 g/mol. The van der Waals surface area contributed by atoms with E-state index in [0.717, 1.165) is 17.7 Å². The second kappa shape index (κ2) is 4.69. The number of carbonyl (C=O) groups excluding carboxylic acids is 1. The van der Waals surface area contributed by atoms with Gasteiger partial charge in [0.15, 0.2) is 0 Å². The largest absolute Gasteiger partial charge is 0.365 e. The SMILES string of the molecule is Cc1ccc(C(=O)ON=C2C3(C)CCC(C3)C2(C)C)cc1. The molecule has 0 saturated heterocycles. The van der Waals surface area contributed by atoms with Crippen molar-refractivity contribution in [3.63, 3.8) is 0 Å². The molecule has 2 bridgehead atoms. The van der Waals surface area contributed by atoms with Gasteiger partial charge in [-0.15, -0.1) is 0 Å². The summed E-state index contributed by atoms with van der Waals surface area (Å²) in [5.74, 6) is 0.295. The van der Waals surface area contributed by atoms with Crippen LogP contribution in [0.4, 0.5) is 0 Å². The Labute approximate surface area is 126 Å². The normalized spacial score (nSPS) is 31.6. The predicted octanol–water partition coefficient (Wildman–Crippen LogP) is 4.35. The average Bonchev–Trinajstić information content (AvgIpc) is 2.90. The Bertz CT molecular complexity index is 593. The summed E-state index contributed by atoms with van der Waals surface area (Å²) in [5.41, 5.74) is 2.89. The quantitative estimate of drug-likeness (QED) is 0.598. The van der Waals surface area contributed by atoms with E-state index in [2.05, 4.69) is 25.9 Å². The summed E-state index contributed by atoms with van der Waals surface area (Å²) < 4.78 is 0. The molecule has 3 rings (SSSR count). The van der Waals surface area contributed by atoms with E-state index in [1.54, 1.807) is 12.1 Å². The third-order valence-electron chi connectivity index (χ3n) is 5.45. The minimum atomic E-state index is -0.371. The number of benzene rings is 1. The van der Waals surface area contributed by atoms with Crippen molar-refractivity contribution < 1.29 is 9.63 Å². The molecule has 2 aliphatic rings. The summed E-state index contributed by atoms with van der Waals surface area (Å²) in [5, 5.41) is 4.30. The molecular weight excluding hydrogens is 262 g/mol. The van der Waals surface area contributed by atoms with Crippen LogP contribution in [0.15, 0.2) is 29.4 Å². The Morgan fingerprint density at radius 2 is 1.90 bits per heavy atom. The van der Waals surface area contributed by atoms with Crippen LogP contribution in [-0.2, 0) is 4.84 Å². The van der Waals surface area contributed by atoms with Gasteiger partial charge in [-0.25, -0.2) is 4.79 Å². The highest BCUT2D eigenvalue weighted by Crippen LogP contribution is 2.60. The van der Waals surface area contributed by atoms with E-state index in [1.807, 2.05) is 19.1 Å². The van der Waals surface area contributed by atoms with Crippen molar-refractivity contribution in [1.29, 1.82) is 0 Å². The average molecular weight is 285 g/mol. The van der Waals surface area contributed by atoms with Gasteiger partial charge in [0.25, 0.3) is 0 Å². The van der Waals surface area contributed by atoms with Crippen LogP contribution < -0.4 is 0 Å². The molecule has 0 spiro atoms. The molecule has 0 aromatic heterocycles. The predicted molar refractivity (Wildman–Crippen MR) is 83.3 cm³/mol. The van der Waals surface area contributed by atoms with Crippen molar-refractivity contribution in [3.8, 4) is 0 Å². The van der Waals surface area contributed by atoms with Crippen LogP contribution in [-0.4, -0.2) is 11.7 Å². The molecule has 112 valence electrons. The van der Waals surface area contributed by atoms with Crippen LogP contribution in [0.1, 0.15) is 56.0 Å². The lowest BCUT2D eigenvalue weighted by Crippen LogP contribution is -2.36. The summed E-state index contributed by atoms with van der Waals surface area (Å²) >= 11 is 0. The fourth-order valence-electron chi connectivity index (χ4n) is 4.10. The zero-order valence-electron chi connectivity index (χ0n) is 13.3. The third-order valence-corrected chi connectivity index (χ3v) is 5.45. The third kappa shape index (κ3) is 2.29. The zero-order chi connectivity index (χ0) is 15.3. The lowest BCUT2D eigenvalue weighted by Gasteiger charge is -2.34. The van der Waals surface area contributed by atoms with Gasteiger partial charge in [0.1, 0.15) is 0 Å². The molecule has 0 heterocycles. The summed E-state index contributed by atoms with van der Waals surface area (Å²) in [6.07, 6.45) is 3.58. The van der Waals surface area contributed by atoms with Crippen molar-refractivity contribution >= 4 is 11.7 Å². The molecule has 2 atom stereocenters. The van der Waals surface area contributed by atoms with Gasteiger partial charge < -0.3 is 4.84 Å². The molecule has 21 heavy (non-hydrogen) atoms. The molecule has 0 amide bonds. The van der Waals surface area contributed by atoms with Crippen LogP contribution in [0.25, 0.3) is 0 Å². The van der Waals surface area contributed by atoms with Gasteiger partial charge in [-0.05, 0) is 44.2 Å². The Morgan fingerprint density at radius 1 is 1.24 bits per heavy atom. The highest BCUT2D eigenvalue weighted by molar-refractivity contribution is 5.98. The van der Waals surface area contributed by atoms with Gasteiger partial charge in [0.2, 0.25) is 0 Å². The van der Waals surface area contributed by atoms with E-state index >= 15 is 0 Å². The number of aryl methyl sites for hydroxylation is 1. The van der Waals surface area contributed by atoms with E-state index in [9.17, 15) is 4.79 Å². The number of rotatable bonds is 2. The highest BCUT2D eigenvalue weighted by Gasteiger charge is 2.57. The minimum absolute atomic E-state index is 0.0422. The fraction of sp³-hybridized carbons (Fsp3) is 0.556. The first-order valence-electron chi connectivity index (χ1n) is 7.70. The second-order valence-electron chi connectivity index (χ2n) is 7.41. The van der Waals surface area contributed by atoms with Gasteiger partial charge in [0, 0.05) is 10.8 Å². The maximum Gasteiger partial charge on any atom is 0.365 e. The van der Waals surface area contributed by atoms with E-state index in [1.165, 1.54) is 12.8 Å². The number of nitrogens with zero attached hydrogens (tertiary/aromatic N) is 1. The van der Waals surface area contributed by atoms with Crippen LogP contribution in [0.2, 0.25) is 0 Å². The molecule has 0 radical (unpaired) electrons. The lowest BCUT2D eigenvalue weighted by atomic mass is 9.71. The number of hydrogen-bond donors (Lipinski definition) is 0. The highest BCUT2D eigenvalue weighted by atomic mass is 16.7. The topological polar surface area (TPSA) is 38.7 Å². The van der Waals surface area contributed by atoms with Gasteiger partial charge >= 0.3 is 5.97 Å². The van der Waals surface area contributed by atoms with Crippen LogP contribution in [0.3, 0.4) is 0 Å². The number of carbonyl (C=O) groups is 1. The maximum atomic E-state index is 12.1. The van der Waals surface area contributed by atoms with Crippen molar-refractivity contribution in [2.24, 2.45) is 21.9 Å². The summed E-state index contributed by atoms with van der Waals surface area (Å²) in [6.45, 7) is 8.69. The Balaban J connectivity index is 1.80. The van der Waals surface area contributed by atoms with Crippen LogP contribution >= 0.6 is 0 Å². The number of hydrogen-bond acceptors (Lipinski definition) is 3. The van der Waals surface area contributed by atoms with Gasteiger partial charge in [-0.3, -0.25) is 0 Å². The van der Waals surface area contributed by atoms with E-state index in [-0.39, 0.29) is 16.8 Å². The second-order valence-corrected chi connectivity index (χ2v) is 7.41. The maximum absolute atomic E-state index is 12.1. The lowest BCUT2D eigenvalue weighted by molar-refractivity contribution is 0.0506. The Kier molecular flexibility index (Phi) is 3.19. The molecule has 0 N–H and O–H groups in total. The Hall–Kier alpha value is -1.64. The summed E-state index contributed by atoms with van der Waals surface area (Å²) in [7, 11) is 0. The smallest absolute Gasteiger partial charge is 0.313 e. The number of fused-ring (bicyclic) bond motifs is 2. The zero-order valence-corrected chi connectivity index (χ0v) is 13.3. The summed E-state index contributed by atoms with van der Waals surface area (Å²) in [4.78, 5) is 17.4. The molecule has 1 aromatic rings. The molecule has 2 saturated carbocycles. The fourth-order valence-corrected chi connectivity index (χ4v) is 4.10. The first kappa shape index (κ1) is 14.3. The Morgan fingerprint density at radius 3 is 2.48 bits per heavy atom. The molecule has 1 aromatic carbocycles. The molecule has 2 unspecified atom stereocenters. The van der Waals surface area contributed by atoms with Gasteiger partial charge in [0.05, 0.1) is 11.3 Å². The van der Waals surface area contributed by atoms with E-state index in [4.69, 9.17) is 4.84 Å². The van der Waals surface area contributed by atoms with Gasteiger partial charge in [-0.2, -0.15) is 0 Å². The van der Waals surface area contributed by atoms with Crippen LogP contribution in [0, 0.1) is 23.7 Å². The van der Waals surface area contributed by atoms with Gasteiger partial charge in [-0.1, -0.05) is 43.6 Å². The molecule has 0 aliphatic heterocycles. The van der Waals surface area contributed by atoms with E-state index < -0.39 is 0 Å². The molecule has 3 heteroatoms. The minimum Gasteiger partial charge on any atom is -0.313 e. The first-order valence-corrected chi connectivity index (χ1v) is 7.70. The van der Waals surface area contributed by atoms with Crippen molar-refractivity contribution in [2.45, 2.75) is 47.0 Å². The van der Waals surface area contributed by atoms with Crippen LogP contribution in [0.5, 0.6) is 0 Å².